The van der Waals surface area contributed by atoms with Crippen LogP contribution in [0.25, 0.3) is 0 Å². The number of allylic oxidation sites excluding steroid dienone is 8. The summed E-state index contributed by atoms with van der Waals surface area (Å²) < 4.78 is 3.66. The zero-order valence-electron chi connectivity index (χ0n) is 18.3. The fraction of sp³-hybridized carbons (Fsp3) is 0.636. The Morgan fingerprint density at radius 2 is 1.04 bits per heavy atom. The summed E-state index contributed by atoms with van der Waals surface area (Å²) in [6.07, 6.45) is 7.48. The summed E-state index contributed by atoms with van der Waals surface area (Å²) in [5.41, 5.74) is 7.13. The third-order valence-corrected chi connectivity index (χ3v) is 11.0. The molecule has 0 saturated heterocycles. The van der Waals surface area contributed by atoms with Crippen LogP contribution in [0.15, 0.2) is 41.1 Å². The summed E-state index contributed by atoms with van der Waals surface area (Å²) >= 11 is 10.0. The summed E-state index contributed by atoms with van der Waals surface area (Å²) in [7, 11) is 0. The summed E-state index contributed by atoms with van der Waals surface area (Å²) in [5.74, 6) is 0. The van der Waals surface area contributed by atoms with E-state index in [-0.39, 0.29) is 0 Å². The van der Waals surface area contributed by atoms with Crippen LogP contribution in [0, 0.1) is 10.8 Å². The molecule has 0 fully saturated rings. The topological polar surface area (TPSA) is 0 Å². The molecule has 0 aromatic carbocycles. The van der Waals surface area contributed by atoms with Crippen molar-refractivity contribution in [2.24, 2.45) is 10.8 Å². The van der Waals surface area contributed by atoms with Crippen LogP contribution in [0.3, 0.4) is 0 Å². The van der Waals surface area contributed by atoms with Crippen LogP contribution in [0.4, 0.5) is 0 Å². The van der Waals surface area contributed by atoms with Gasteiger partial charge in [0.05, 0.1) is 0 Å². The Hall–Kier alpha value is 0.627. The molecule has 26 heavy (non-hydrogen) atoms. The summed E-state index contributed by atoms with van der Waals surface area (Å²) in [5, 5.41) is 0. The molecule has 0 saturated carbocycles. The van der Waals surface area contributed by atoms with Gasteiger partial charge in [0.15, 0.2) is 0 Å². The Morgan fingerprint density at radius 1 is 0.769 bits per heavy atom. The van der Waals surface area contributed by atoms with Crippen LogP contribution in [-0.4, -0.2) is 6.69 Å². The molecule has 2 aliphatic rings. The quantitative estimate of drug-likeness (QED) is 0.228. The third-order valence-electron chi connectivity index (χ3n) is 4.70. The Bertz CT molecular complexity index is 602. The third kappa shape index (κ3) is 8.33. The number of hydrogen-bond acceptors (Lipinski definition) is 0. The molecule has 0 bridgehead atoms. The molecule has 0 amide bonds. The standard InChI is InChI=1S/2C10H15.C2H6Cl2Si.Hf/c2*1-8-5-6-9(7-8)10(2,3)4;1-5(2,3)4;/h2*7H,6H2,1-4H3;1-2H3;. The fourth-order valence-corrected chi connectivity index (χ4v) is 8.14. The van der Waals surface area contributed by atoms with Crippen molar-refractivity contribution in [1.82, 2.24) is 0 Å². The van der Waals surface area contributed by atoms with Gasteiger partial charge in [0, 0.05) is 0 Å². The minimum absolute atomic E-state index is 0.334. The van der Waals surface area contributed by atoms with Crippen LogP contribution < -0.4 is 0 Å². The normalized spacial score (nSPS) is 18.6. The molecule has 0 spiro atoms. The minimum atomic E-state index is -1.67. The van der Waals surface area contributed by atoms with Gasteiger partial charge < -0.3 is 0 Å². The molecule has 0 atom stereocenters. The monoisotopic (exact) mass is 578 g/mol. The molecule has 4 heteroatoms. The van der Waals surface area contributed by atoms with Gasteiger partial charge in [0.2, 0.25) is 6.69 Å². The summed E-state index contributed by atoms with van der Waals surface area (Å²) in [6, 6.07) is 0. The van der Waals surface area contributed by atoms with Crippen molar-refractivity contribution >= 4 is 28.9 Å². The fourth-order valence-electron chi connectivity index (χ4n) is 2.89. The Morgan fingerprint density at radius 3 is 1.23 bits per heavy atom. The maximum atomic E-state index is 5.43. The number of halogens is 2. The number of rotatable bonds is 2. The maximum Gasteiger partial charge on any atom is 0.245 e. The second-order valence-electron chi connectivity index (χ2n) is 9.97. The van der Waals surface area contributed by atoms with Gasteiger partial charge in [-0.3, -0.25) is 0 Å². The van der Waals surface area contributed by atoms with Crippen molar-refractivity contribution < 1.29 is 22.9 Å². The van der Waals surface area contributed by atoms with E-state index in [4.69, 9.17) is 22.2 Å². The molecule has 2 rings (SSSR count). The SMILES string of the molecule is CC1=[C]([Hf][C]2=C(C)C=C(C(C)(C)C)C2)CC(C(C)(C)C)=C1.C[Si](C)(Cl)Cl. The Labute approximate surface area is 184 Å². The van der Waals surface area contributed by atoms with Crippen molar-refractivity contribution in [3.63, 3.8) is 0 Å². The van der Waals surface area contributed by atoms with Crippen molar-refractivity contribution in [3.05, 3.63) is 41.1 Å². The molecule has 0 heterocycles. The van der Waals surface area contributed by atoms with Crippen LogP contribution >= 0.6 is 22.2 Å². The average Bonchev–Trinajstić information content (AvgIpc) is 2.92. The van der Waals surface area contributed by atoms with Crippen molar-refractivity contribution in [2.45, 2.75) is 81.3 Å². The van der Waals surface area contributed by atoms with E-state index in [2.05, 4.69) is 67.5 Å². The van der Waals surface area contributed by atoms with Gasteiger partial charge in [-0.05, 0) is 13.1 Å². The predicted octanol–water partition coefficient (Wildman–Crippen LogP) is 8.54. The van der Waals surface area contributed by atoms with Gasteiger partial charge in [-0.15, -0.1) is 22.2 Å². The van der Waals surface area contributed by atoms with Gasteiger partial charge in [0.25, 0.3) is 0 Å². The van der Waals surface area contributed by atoms with E-state index in [0.29, 0.717) is 10.8 Å². The van der Waals surface area contributed by atoms with Crippen LogP contribution in [0.2, 0.25) is 13.1 Å². The van der Waals surface area contributed by atoms with Gasteiger partial charge in [-0.2, -0.15) is 0 Å². The Balaban J connectivity index is 0.000000597. The second-order valence-corrected chi connectivity index (χ2v) is 24.1. The van der Waals surface area contributed by atoms with E-state index >= 15 is 0 Å². The second kappa shape index (κ2) is 8.97. The van der Waals surface area contributed by atoms with Crippen molar-refractivity contribution in [2.75, 3.05) is 0 Å². The molecule has 0 aromatic heterocycles. The summed E-state index contributed by atoms with van der Waals surface area (Å²) in [4.78, 5) is 0. The van der Waals surface area contributed by atoms with Gasteiger partial charge in [0.1, 0.15) is 0 Å². The van der Waals surface area contributed by atoms with E-state index in [1.807, 2.05) is 19.8 Å². The molecule has 0 radical (unpaired) electrons. The first-order valence-electron chi connectivity index (χ1n) is 9.45. The predicted molar refractivity (Wildman–Crippen MR) is 119 cm³/mol. The van der Waals surface area contributed by atoms with Crippen LogP contribution in [0.5, 0.6) is 0 Å². The molecule has 2 aliphatic carbocycles. The first kappa shape index (κ1) is 24.7. The van der Waals surface area contributed by atoms with E-state index in [1.54, 1.807) is 22.3 Å². The molecule has 146 valence electrons. The van der Waals surface area contributed by atoms with Crippen molar-refractivity contribution in [3.8, 4) is 0 Å². The zero-order chi connectivity index (χ0) is 20.5. The van der Waals surface area contributed by atoms with Crippen LogP contribution in [-0.2, 0) is 22.9 Å². The molecule has 0 unspecified atom stereocenters. The molecule has 0 aliphatic heterocycles. The largest absolute Gasteiger partial charge is 0.245 e. The summed E-state index contributed by atoms with van der Waals surface area (Å²) in [6.45, 7) is 20.8. The number of hydrogen-bond donors (Lipinski definition) is 0. The van der Waals surface area contributed by atoms with Crippen molar-refractivity contribution in [1.29, 1.82) is 0 Å². The minimum Gasteiger partial charge on any atom is -0.146 e. The van der Waals surface area contributed by atoms with E-state index in [0.717, 1.165) is 0 Å². The molecule has 0 nitrogen and oxygen atoms in total. The molecule has 0 N–H and O–H groups in total. The average molecular weight is 578 g/mol. The Kier molecular flexibility index (Phi) is 8.51. The molecular formula is C22H36Cl2HfSi. The van der Waals surface area contributed by atoms with Crippen LogP contribution in [0.1, 0.15) is 68.2 Å². The maximum absolute atomic E-state index is 5.43. The van der Waals surface area contributed by atoms with Gasteiger partial charge in [-0.25, -0.2) is 0 Å². The first-order valence-corrected chi connectivity index (χ1v) is 18.1. The van der Waals surface area contributed by atoms with E-state index in [1.165, 1.54) is 12.8 Å². The van der Waals surface area contributed by atoms with E-state index < -0.39 is 29.6 Å². The molecular weight excluding hydrogens is 542 g/mol. The smallest absolute Gasteiger partial charge is 0.146 e. The van der Waals surface area contributed by atoms with Gasteiger partial charge >= 0.3 is 143 Å². The molecule has 0 aromatic rings. The zero-order valence-corrected chi connectivity index (χ0v) is 24.4. The van der Waals surface area contributed by atoms with E-state index in [9.17, 15) is 0 Å². The van der Waals surface area contributed by atoms with Gasteiger partial charge in [-0.1, -0.05) is 0 Å². The first-order chi connectivity index (χ1) is 11.5.